The second-order valence-electron chi connectivity index (χ2n) is 10.6. The van der Waals surface area contributed by atoms with E-state index in [-0.39, 0.29) is 16.2 Å². The predicted octanol–water partition coefficient (Wildman–Crippen LogP) is 4.63. The van der Waals surface area contributed by atoms with Gasteiger partial charge in [0.15, 0.2) is 22.7 Å². The first-order valence-electron chi connectivity index (χ1n) is 9.78. The molecule has 0 radical (unpaired) electrons. The van der Waals surface area contributed by atoms with Crippen molar-refractivity contribution in [2.24, 2.45) is 0 Å². The fourth-order valence-corrected chi connectivity index (χ4v) is 4.98. The van der Waals surface area contributed by atoms with Gasteiger partial charge in [-0.15, -0.1) is 0 Å². The fraction of sp³-hybridized carbons (Fsp3) is 0.850. The lowest BCUT2D eigenvalue weighted by atomic mass is 9.96. The molecule has 0 bridgehead atoms. The van der Waals surface area contributed by atoms with Crippen LogP contribution in [0.5, 0.6) is 0 Å². The quantitative estimate of drug-likeness (QED) is 0.402. The highest BCUT2D eigenvalue weighted by Crippen LogP contribution is 2.42. The fourth-order valence-electron chi connectivity index (χ4n) is 2.43. The summed E-state index contributed by atoms with van der Waals surface area (Å²) >= 11 is 0. The predicted molar refractivity (Wildman–Crippen MR) is 115 cm³/mol. The van der Waals surface area contributed by atoms with Crippen molar-refractivity contribution in [3.05, 3.63) is 12.2 Å². The molecule has 1 aliphatic rings. The monoisotopic (exact) mass is 416 g/mol. The number of rotatable bonds is 5. The highest BCUT2D eigenvalue weighted by molar-refractivity contribution is 6.74. The van der Waals surface area contributed by atoms with E-state index >= 15 is 0 Å². The number of ether oxygens (including phenoxy) is 1. The number of aliphatic hydroxyl groups excluding tert-OH is 1. The standard InChI is InChI=1S/C20H40O5Si2/c1-14(21)23-17-15(22)12-13-16(24-26(8,9)19(2,3)4)18(17)25-27(10,11)20(5,6)7/h12-13,15-18,22H,1-11H3/t15-,16+,17+,18+/m1/s1. The zero-order chi connectivity index (χ0) is 21.4. The first-order valence-corrected chi connectivity index (χ1v) is 15.6. The van der Waals surface area contributed by atoms with Crippen LogP contribution in [0, 0.1) is 0 Å². The first-order chi connectivity index (χ1) is 11.9. The van der Waals surface area contributed by atoms with E-state index in [1.165, 1.54) is 6.92 Å². The molecule has 1 rings (SSSR count). The summed E-state index contributed by atoms with van der Waals surface area (Å²) in [6.45, 7) is 23.1. The maximum absolute atomic E-state index is 11.7. The lowest BCUT2D eigenvalue weighted by Crippen LogP contribution is -2.59. The molecule has 0 aliphatic heterocycles. The molecule has 0 aromatic heterocycles. The van der Waals surface area contributed by atoms with E-state index in [0.29, 0.717) is 0 Å². The van der Waals surface area contributed by atoms with Gasteiger partial charge >= 0.3 is 5.97 Å². The van der Waals surface area contributed by atoms with E-state index in [2.05, 4.69) is 67.7 Å². The Labute approximate surface area is 167 Å². The zero-order valence-corrected chi connectivity index (χ0v) is 21.0. The Morgan fingerprint density at radius 1 is 0.852 bits per heavy atom. The van der Waals surface area contributed by atoms with E-state index < -0.39 is 40.9 Å². The van der Waals surface area contributed by atoms with Gasteiger partial charge in [0, 0.05) is 6.92 Å². The van der Waals surface area contributed by atoms with Gasteiger partial charge in [0.2, 0.25) is 0 Å². The summed E-state index contributed by atoms with van der Waals surface area (Å²) in [6, 6.07) is 0. The van der Waals surface area contributed by atoms with Crippen LogP contribution in [-0.4, -0.2) is 52.1 Å². The van der Waals surface area contributed by atoms with Crippen molar-refractivity contribution in [3.8, 4) is 0 Å². The molecule has 7 heteroatoms. The molecule has 4 atom stereocenters. The van der Waals surface area contributed by atoms with Gasteiger partial charge in [0.05, 0.1) is 6.10 Å². The Morgan fingerprint density at radius 2 is 1.30 bits per heavy atom. The Kier molecular flexibility index (Phi) is 7.37. The van der Waals surface area contributed by atoms with Crippen molar-refractivity contribution >= 4 is 22.6 Å². The summed E-state index contributed by atoms with van der Waals surface area (Å²) in [6.07, 6.45) is 0.996. The molecule has 0 aromatic rings. The largest absolute Gasteiger partial charge is 0.457 e. The van der Waals surface area contributed by atoms with Gasteiger partial charge in [-0.3, -0.25) is 4.79 Å². The van der Waals surface area contributed by atoms with E-state index in [0.717, 1.165) is 0 Å². The Balaban J connectivity index is 3.29. The van der Waals surface area contributed by atoms with Crippen LogP contribution in [-0.2, 0) is 18.4 Å². The van der Waals surface area contributed by atoms with Crippen molar-refractivity contribution in [1.29, 1.82) is 0 Å². The van der Waals surface area contributed by atoms with Crippen LogP contribution >= 0.6 is 0 Å². The zero-order valence-electron chi connectivity index (χ0n) is 19.0. The van der Waals surface area contributed by atoms with Crippen molar-refractivity contribution < 1.29 is 23.5 Å². The minimum atomic E-state index is -2.18. The molecule has 158 valence electrons. The first kappa shape index (κ1) is 24.6. The SMILES string of the molecule is CC(=O)O[C@@H]1[C@@H](O[Si](C)(C)C(C)(C)C)[C@@H](O[Si](C)(C)C(C)(C)C)C=C[C@H]1O. The number of carbonyl (C=O) groups is 1. The summed E-state index contributed by atoms with van der Waals surface area (Å²) in [5, 5.41) is 10.5. The second-order valence-corrected chi connectivity index (χ2v) is 20.1. The second kappa shape index (κ2) is 8.10. The number of hydrogen-bond donors (Lipinski definition) is 1. The third-order valence-electron chi connectivity index (χ3n) is 6.26. The topological polar surface area (TPSA) is 65.0 Å². The molecule has 1 aliphatic carbocycles. The van der Waals surface area contributed by atoms with Gasteiger partial charge in [-0.05, 0) is 36.3 Å². The molecule has 0 spiro atoms. The average molecular weight is 417 g/mol. The molecule has 0 saturated heterocycles. The van der Waals surface area contributed by atoms with Crippen LogP contribution in [0.2, 0.25) is 36.3 Å². The maximum Gasteiger partial charge on any atom is 0.303 e. The van der Waals surface area contributed by atoms with Crippen LogP contribution < -0.4 is 0 Å². The molecule has 0 unspecified atom stereocenters. The lowest BCUT2D eigenvalue weighted by Gasteiger charge is -2.47. The summed E-state index contributed by atoms with van der Waals surface area (Å²) < 4.78 is 18.8. The van der Waals surface area contributed by atoms with Crippen LogP contribution in [0.4, 0.5) is 0 Å². The number of esters is 1. The summed E-state index contributed by atoms with van der Waals surface area (Å²) in [5.74, 6) is -0.427. The number of carbonyl (C=O) groups excluding carboxylic acids is 1. The van der Waals surface area contributed by atoms with Crippen molar-refractivity contribution in [2.45, 2.75) is 109 Å². The molecule has 5 nitrogen and oxygen atoms in total. The van der Waals surface area contributed by atoms with Gasteiger partial charge in [0.1, 0.15) is 12.2 Å². The van der Waals surface area contributed by atoms with E-state index in [9.17, 15) is 9.90 Å². The average Bonchev–Trinajstić information content (AvgIpc) is 2.42. The molecular weight excluding hydrogens is 376 g/mol. The minimum Gasteiger partial charge on any atom is -0.457 e. The third kappa shape index (κ3) is 6.00. The van der Waals surface area contributed by atoms with Crippen LogP contribution in [0.1, 0.15) is 48.5 Å². The summed E-state index contributed by atoms with van der Waals surface area (Å²) in [7, 11) is -4.26. The maximum atomic E-state index is 11.7. The van der Waals surface area contributed by atoms with Crippen LogP contribution in [0.15, 0.2) is 12.2 Å². The molecule has 27 heavy (non-hydrogen) atoms. The summed E-state index contributed by atoms with van der Waals surface area (Å²) in [5.41, 5.74) is 0. The van der Waals surface area contributed by atoms with Crippen molar-refractivity contribution in [3.63, 3.8) is 0 Å². The smallest absolute Gasteiger partial charge is 0.303 e. The van der Waals surface area contributed by atoms with Gasteiger partial charge in [-0.1, -0.05) is 53.7 Å². The van der Waals surface area contributed by atoms with Crippen LogP contribution in [0.3, 0.4) is 0 Å². The van der Waals surface area contributed by atoms with E-state index in [1.54, 1.807) is 6.08 Å². The Morgan fingerprint density at radius 3 is 1.70 bits per heavy atom. The Bertz CT molecular complexity index is 558. The van der Waals surface area contributed by atoms with Gasteiger partial charge in [-0.25, -0.2) is 0 Å². The van der Waals surface area contributed by atoms with E-state index in [1.807, 2.05) is 6.08 Å². The Hall–Kier alpha value is -0.476. The molecule has 0 amide bonds. The third-order valence-corrected chi connectivity index (χ3v) is 15.2. The highest BCUT2D eigenvalue weighted by atomic mass is 28.4. The molecule has 1 N–H and O–H groups in total. The number of aliphatic hydroxyl groups is 1. The summed E-state index contributed by atoms with van der Waals surface area (Å²) in [4.78, 5) is 11.7. The van der Waals surface area contributed by atoms with Crippen LogP contribution in [0.25, 0.3) is 0 Å². The molecule has 0 heterocycles. The molecule has 0 aromatic carbocycles. The molecular formula is C20H40O5Si2. The normalized spacial score (nSPS) is 27.6. The van der Waals surface area contributed by atoms with Gasteiger partial charge in [-0.2, -0.15) is 0 Å². The van der Waals surface area contributed by atoms with Crippen molar-refractivity contribution in [2.75, 3.05) is 0 Å². The van der Waals surface area contributed by atoms with Gasteiger partial charge < -0.3 is 18.7 Å². The van der Waals surface area contributed by atoms with E-state index in [4.69, 9.17) is 13.6 Å². The number of hydrogen-bond acceptors (Lipinski definition) is 5. The highest BCUT2D eigenvalue weighted by Gasteiger charge is 2.49. The van der Waals surface area contributed by atoms with Gasteiger partial charge in [0.25, 0.3) is 0 Å². The lowest BCUT2D eigenvalue weighted by molar-refractivity contribution is -0.163. The molecule has 0 saturated carbocycles. The molecule has 0 fully saturated rings. The minimum absolute atomic E-state index is 0.0125. The van der Waals surface area contributed by atoms with Crippen molar-refractivity contribution in [1.82, 2.24) is 0 Å².